The van der Waals surface area contributed by atoms with Crippen LogP contribution in [0.25, 0.3) is 0 Å². The topological polar surface area (TPSA) is 61.8 Å². The van der Waals surface area contributed by atoms with Gasteiger partial charge in [0.05, 0.1) is 17.6 Å². The number of amides is 1. The Balaban J connectivity index is 1.50. The van der Waals surface area contributed by atoms with E-state index in [4.69, 9.17) is 4.74 Å². The minimum absolute atomic E-state index is 0.0842. The van der Waals surface area contributed by atoms with Crippen molar-refractivity contribution in [3.63, 3.8) is 0 Å². The molecule has 2 fully saturated rings. The van der Waals surface area contributed by atoms with Gasteiger partial charge < -0.3 is 14.5 Å². The van der Waals surface area contributed by atoms with Gasteiger partial charge in [-0.3, -0.25) is 4.90 Å². The molecule has 0 saturated carbocycles. The molecule has 0 unspecified atom stereocenters. The number of piperazine rings is 1. The summed E-state index contributed by atoms with van der Waals surface area (Å²) in [6, 6.07) is -0.363. The van der Waals surface area contributed by atoms with Crippen molar-refractivity contribution >= 4 is 12.0 Å². The van der Waals surface area contributed by atoms with Crippen molar-refractivity contribution in [2.45, 2.75) is 78.2 Å². The quantitative estimate of drug-likeness (QED) is 0.648. The summed E-state index contributed by atoms with van der Waals surface area (Å²) in [5.74, 6) is 0.234. The number of anilines is 1. The molecule has 186 valence electrons. The lowest BCUT2D eigenvalue weighted by Crippen LogP contribution is -2.59. The fraction of sp³-hybridized carbons (Fsp3) is 0.783. The lowest BCUT2D eigenvalue weighted by Gasteiger charge is -2.44. The van der Waals surface area contributed by atoms with Crippen molar-refractivity contribution in [1.29, 1.82) is 0 Å². The first-order valence-corrected chi connectivity index (χ1v) is 11.7. The van der Waals surface area contributed by atoms with Gasteiger partial charge in [0, 0.05) is 38.6 Å². The number of rotatable bonds is 4. The van der Waals surface area contributed by atoms with Gasteiger partial charge in [0.25, 0.3) is 0 Å². The number of alkyl halides is 3. The van der Waals surface area contributed by atoms with E-state index in [0.29, 0.717) is 18.5 Å². The highest BCUT2D eigenvalue weighted by Gasteiger charge is 2.37. The van der Waals surface area contributed by atoms with Gasteiger partial charge in [-0.05, 0) is 45.1 Å². The molecule has 0 N–H and O–H groups in total. The number of piperidine rings is 1. The fourth-order valence-corrected chi connectivity index (χ4v) is 4.42. The lowest BCUT2D eigenvalue weighted by molar-refractivity contribution is -0.138. The summed E-state index contributed by atoms with van der Waals surface area (Å²) >= 11 is 0. The largest absolute Gasteiger partial charge is 0.446 e. The highest BCUT2D eigenvalue weighted by atomic mass is 19.4. The summed E-state index contributed by atoms with van der Waals surface area (Å²) in [5.41, 5.74) is -0.567. The average molecular weight is 472 g/mol. The molecule has 0 spiro atoms. The number of hydrogen-bond donors (Lipinski definition) is 0. The molecule has 0 aliphatic carbocycles. The van der Waals surface area contributed by atoms with Crippen LogP contribution in [0.1, 0.15) is 59.4 Å². The molecule has 0 radical (unpaired) electrons. The van der Waals surface area contributed by atoms with Crippen LogP contribution in [-0.4, -0.2) is 76.8 Å². The molecule has 2 atom stereocenters. The number of aromatic nitrogens is 2. The van der Waals surface area contributed by atoms with Crippen molar-refractivity contribution in [2.75, 3.05) is 37.6 Å². The van der Waals surface area contributed by atoms with Crippen molar-refractivity contribution in [1.82, 2.24) is 19.8 Å². The van der Waals surface area contributed by atoms with Gasteiger partial charge >= 0.3 is 12.3 Å². The summed E-state index contributed by atoms with van der Waals surface area (Å²) in [6.07, 6.45) is -0.479. The molecule has 2 aliphatic heterocycles. The summed E-state index contributed by atoms with van der Waals surface area (Å²) in [4.78, 5) is 26.7. The summed E-state index contributed by atoms with van der Waals surface area (Å²) in [5, 5.41) is 0. The zero-order chi connectivity index (χ0) is 24.4. The first-order valence-electron chi connectivity index (χ1n) is 11.7. The third kappa shape index (κ3) is 6.94. The highest BCUT2D eigenvalue weighted by molar-refractivity contribution is 5.69. The smallest absolute Gasteiger partial charge is 0.419 e. The second kappa shape index (κ2) is 10.0. The van der Waals surface area contributed by atoms with Crippen LogP contribution in [0.3, 0.4) is 0 Å². The van der Waals surface area contributed by atoms with E-state index in [1.54, 1.807) is 4.90 Å². The van der Waals surface area contributed by atoms with E-state index < -0.39 is 11.7 Å². The monoisotopic (exact) mass is 471 g/mol. The number of likely N-dealkylation sites (tertiary alicyclic amines) is 1. The van der Waals surface area contributed by atoms with Gasteiger partial charge in [-0.2, -0.15) is 13.2 Å². The number of halogens is 3. The molecule has 3 heterocycles. The van der Waals surface area contributed by atoms with Crippen molar-refractivity contribution in [3.8, 4) is 0 Å². The Morgan fingerprint density at radius 2 is 1.61 bits per heavy atom. The number of hydrogen-bond acceptors (Lipinski definition) is 6. The highest BCUT2D eigenvalue weighted by Crippen LogP contribution is 2.29. The van der Waals surface area contributed by atoms with Gasteiger partial charge in [-0.1, -0.05) is 20.8 Å². The fourth-order valence-electron chi connectivity index (χ4n) is 4.42. The maximum atomic E-state index is 12.9. The SMILES string of the molecule is C[C@@H]1CN(c2ncc(C(F)(F)F)cn2)C[C@H](C)N1C(=O)OC1CCN(CCC(C)(C)C)CC1. The molecule has 33 heavy (non-hydrogen) atoms. The van der Waals surface area contributed by atoms with Crippen LogP contribution in [0.15, 0.2) is 12.4 Å². The Kier molecular flexibility index (Phi) is 7.76. The van der Waals surface area contributed by atoms with E-state index in [1.807, 2.05) is 18.7 Å². The number of carbonyl (C=O) groups excluding carboxylic acids is 1. The molecule has 3 rings (SSSR count). The van der Waals surface area contributed by atoms with E-state index >= 15 is 0 Å². The normalized spacial score (nSPS) is 23.6. The third-order valence-corrected chi connectivity index (χ3v) is 6.36. The van der Waals surface area contributed by atoms with Crippen molar-refractivity contribution in [2.24, 2.45) is 5.41 Å². The Hall–Kier alpha value is -2.10. The molecular formula is C23H36F3N5O2. The maximum Gasteiger partial charge on any atom is 0.419 e. The van der Waals surface area contributed by atoms with E-state index in [-0.39, 0.29) is 30.2 Å². The van der Waals surface area contributed by atoms with Gasteiger partial charge in [-0.15, -0.1) is 0 Å². The average Bonchev–Trinajstić information content (AvgIpc) is 2.71. The van der Waals surface area contributed by atoms with Crippen LogP contribution >= 0.6 is 0 Å². The van der Waals surface area contributed by atoms with Gasteiger partial charge in [0.15, 0.2) is 0 Å². The molecule has 1 aromatic rings. The van der Waals surface area contributed by atoms with Crippen LogP contribution in [0, 0.1) is 5.41 Å². The van der Waals surface area contributed by atoms with Crippen molar-refractivity contribution < 1.29 is 22.7 Å². The predicted octanol–water partition coefficient (Wildman–Crippen LogP) is 4.43. The molecule has 7 nitrogen and oxygen atoms in total. The second-order valence-corrected chi connectivity index (χ2v) is 10.5. The third-order valence-electron chi connectivity index (χ3n) is 6.36. The summed E-state index contributed by atoms with van der Waals surface area (Å²) in [7, 11) is 0. The van der Waals surface area contributed by atoms with Crippen LogP contribution in [0.2, 0.25) is 0 Å². The zero-order valence-electron chi connectivity index (χ0n) is 20.2. The summed E-state index contributed by atoms with van der Waals surface area (Å²) in [6.45, 7) is 14.3. The van der Waals surface area contributed by atoms with Gasteiger partial charge in [0.2, 0.25) is 5.95 Å². The van der Waals surface area contributed by atoms with Gasteiger partial charge in [0.1, 0.15) is 6.10 Å². The first-order chi connectivity index (χ1) is 15.3. The van der Waals surface area contributed by atoms with E-state index in [1.165, 1.54) is 0 Å². The van der Waals surface area contributed by atoms with Crippen LogP contribution in [-0.2, 0) is 10.9 Å². The molecule has 1 amide bonds. The molecular weight excluding hydrogens is 435 g/mol. The molecule has 1 aromatic heterocycles. The predicted molar refractivity (Wildman–Crippen MR) is 120 cm³/mol. The molecule has 2 saturated heterocycles. The molecule has 2 aliphatic rings. The van der Waals surface area contributed by atoms with Crippen molar-refractivity contribution in [3.05, 3.63) is 18.0 Å². The van der Waals surface area contributed by atoms with Crippen LogP contribution in [0.5, 0.6) is 0 Å². The first kappa shape index (κ1) is 25.5. The Morgan fingerprint density at radius 3 is 2.09 bits per heavy atom. The van der Waals surface area contributed by atoms with Gasteiger partial charge in [-0.25, -0.2) is 14.8 Å². The molecule has 10 heteroatoms. The van der Waals surface area contributed by atoms with E-state index in [9.17, 15) is 18.0 Å². The second-order valence-electron chi connectivity index (χ2n) is 10.5. The van der Waals surface area contributed by atoms with Crippen LogP contribution < -0.4 is 4.90 Å². The Morgan fingerprint density at radius 1 is 1.06 bits per heavy atom. The minimum Gasteiger partial charge on any atom is -0.446 e. The van der Waals surface area contributed by atoms with E-state index in [0.717, 1.165) is 51.3 Å². The Labute approximate surface area is 194 Å². The standard InChI is InChI=1S/C23H36F3N5O2/c1-16-14-30(20-27-12-18(13-28-20)23(24,25)26)15-17(2)31(16)21(32)33-19-6-9-29(10-7-19)11-8-22(3,4)5/h12-13,16-17,19H,6-11,14-15H2,1-5H3/t16-,17+. The lowest BCUT2D eigenvalue weighted by atomic mass is 9.91. The summed E-state index contributed by atoms with van der Waals surface area (Å²) < 4.78 is 44.2. The number of carbonyl (C=O) groups is 1. The van der Waals surface area contributed by atoms with Crippen LogP contribution in [0.4, 0.5) is 23.9 Å². The molecule has 0 bridgehead atoms. The zero-order valence-corrected chi connectivity index (χ0v) is 20.2. The molecule has 0 aromatic carbocycles. The Bertz CT molecular complexity index is 777. The number of nitrogens with zero attached hydrogens (tertiary/aromatic N) is 5. The van der Waals surface area contributed by atoms with E-state index in [2.05, 4.69) is 35.6 Å². The number of ether oxygens (including phenoxy) is 1. The minimum atomic E-state index is -4.47. The maximum absolute atomic E-state index is 12.9.